The number of hydrogen-bond donors (Lipinski definition) is 0. The van der Waals surface area contributed by atoms with Crippen molar-refractivity contribution >= 4 is 10.2 Å². The van der Waals surface area contributed by atoms with Gasteiger partial charge in [-0.05, 0) is 25.8 Å². The van der Waals surface area contributed by atoms with E-state index in [1.54, 1.807) is 8.61 Å². The molecule has 3 heterocycles. The third-order valence-electron chi connectivity index (χ3n) is 6.15. The third-order valence-corrected chi connectivity index (χ3v) is 8.19. The van der Waals surface area contributed by atoms with E-state index in [9.17, 15) is 8.42 Å². The molecule has 3 aliphatic rings. The van der Waals surface area contributed by atoms with Crippen LogP contribution in [0, 0.1) is 0 Å². The maximum Gasteiger partial charge on any atom is 0.282 e. The van der Waals surface area contributed by atoms with Gasteiger partial charge in [-0.25, -0.2) is 0 Å². The van der Waals surface area contributed by atoms with Gasteiger partial charge >= 0.3 is 0 Å². The van der Waals surface area contributed by atoms with E-state index in [-0.39, 0.29) is 0 Å². The lowest BCUT2D eigenvalue weighted by Crippen LogP contribution is -2.49. The van der Waals surface area contributed by atoms with Gasteiger partial charge in [0.1, 0.15) is 0 Å². The van der Waals surface area contributed by atoms with Crippen LogP contribution in [0.5, 0.6) is 0 Å². The first-order valence-electron chi connectivity index (χ1n) is 10.6. The molecule has 0 N–H and O–H groups in total. The highest BCUT2D eigenvalue weighted by molar-refractivity contribution is 7.86. The molecule has 0 bridgehead atoms. The fraction of sp³-hybridized carbons (Fsp3) is 0.842. The highest BCUT2D eigenvalue weighted by Gasteiger charge is 2.32. The summed E-state index contributed by atoms with van der Waals surface area (Å²) >= 11 is 0. The quantitative estimate of drug-likeness (QED) is 0.734. The molecular weight excluding hydrogens is 380 g/mol. The Morgan fingerprint density at radius 3 is 2.46 bits per heavy atom. The molecule has 3 fully saturated rings. The molecule has 4 rings (SSSR count). The van der Waals surface area contributed by atoms with Gasteiger partial charge in [-0.1, -0.05) is 24.4 Å². The summed E-state index contributed by atoms with van der Waals surface area (Å²) in [5, 5.41) is 4.32. The molecule has 1 aromatic heterocycles. The van der Waals surface area contributed by atoms with Crippen LogP contribution in [0.25, 0.3) is 0 Å². The highest BCUT2D eigenvalue weighted by Crippen LogP contribution is 2.32. The minimum absolute atomic E-state index is 0.449. The molecule has 0 atom stereocenters. The number of ether oxygens (including phenoxy) is 1. The Kier molecular flexibility index (Phi) is 6.67. The average molecular weight is 413 g/mol. The number of nitrogens with zero attached hydrogens (tertiary/aromatic N) is 4. The van der Waals surface area contributed by atoms with Crippen molar-refractivity contribution in [2.45, 2.75) is 51.0 Å². The summed E-state index contributed by atoms with van der Waals surface area (Å²) in [5.41, 5.74) is 1.10. The second-order valence-electron chi connectivity index (χ2n) is 8.10. The van der Waals surface area contributed by atoms with E-state index in [4.69, 9.17) is 9.26 Å². The summed E-state index contributed by atoms with van der Waals surface area (Å²) in [6, 6.07) is 2.11. The fourth-order valence-electron chi connectivity index (χ4n) is 4.49. The minimum Gasteiger partial charge on any atom is -0.379 e. The molecule has 0 unspecified atom stereocenters. The SMILES string of the molecule is O=S(=O)(N1CCOCC1)N1CCCN(Cc2cc(C3CCCCC3)no2)CC1. The zero-order valence-corrected chi connectivity index (χ0v) is 17.4. The molecule has 0 aromatic carbocycles. The van der Waals surface area contributed by atoms with Gasteiger partial charge in [0, 0.05) is 44.7 Å². The summed E-state index contributed by atoms with van der Waals surface area (Å²) in [6.07, 6.45) is 7.15. The van der Waals surface area contributed by atoms with Gasteiger partial charge in [0.15, 0.2) is 5.76 Å². The molecule has 0 amide bonds. The van der Waals surface area contributed by atoms with Gasteiger partial charge in [-0.3, -0.25) is 4.90 Å². The van der Waals surface area contributed by atoms with Crippen molar-refractivity contribution in [1.82, 2.24) is 18.7 Å². The van der Waals surface area contributed by atoms with Gasteiger partial charge in [-0.2, -0.15) is 17.0 Å². The summed E-state index contributed by atoms with van der Waals surface area (Å²) in [4.78, 5) is 2.28. The third kappa shape index (κ3) is 4.76. The van der Waals surface area contributed by atoms with E-state index in [0.29, 0.717) is 58.4 Å². The van der Waals surface area contributed by atoms with Crippen molar-refractivity contribution in [2.75, 3.05) is 52.5 Å². The van der Waals surface area contributed by atoms with Gasteiger partial charge in [0.05, 0.1) is 25.5 Å². The Bertz CT molecular complexity index is 726. The lowest BCUT2D eigenvalue weighted by Gasteiger charge is -2.31. The zero-order valence-electron chi connectivity index (χ0n) is 16.6. The van der Waals surface area contributed by atoms with Crippen LogP contribution < -0.4 is 0 Å². The summed E-state index contributed by atoms with van der Waals surface area (Å²) in [5.74, 6) is 1.44. The minimum atomic E-state index is -3.39. The van der Waals surface area contributed by atoms with E-state index in [2.05, 4.69) is 16.1 Å². The van der Waals surface area contributed by atoms with Crippen molar-refractivity contribution in [1.29, 1.82) is 0 Å². The van der Waals surface area contributed by atoms with Crippen molar-refractivity contribution < 1.29 is 17.7 Å². The van der Waals surface area contributed by atoms with E-state index < -0.39 is 10.2 Å². The summed E-state index contributed by atoms with van der Waals surface area (Å²) < 4.78 is 39.8. The molecule has 28 heavy (non-hydrogen) atoms. The molecule has 0 spiro atoms. The zero-order chi connectivity index (χ0) is 19.4. The Morgan fingerprint density at radius 1 is 0.929 bits per heavy atom. The standard InChI is InChI=1S/C19H32N4O4S/c24-28(25,23-11-13-26-14-12-23)22-8-4-7-21(9-10-22)16-18-15-19(20-27-18)17-5-2-1-3-6-17/h15,17H,1-14,16H2. The molecule has 2 saturated heterocycles. The second kappa shape index (κ2) is 9.21. The first-order chi connectivity index (χ1) is 13.6. The fourth-order valence-corrected chi connectivity index (χ4v) is 6.10. The van der Waals surface area contributed by atoms with Gasteiger partial charge < -0.3 is 9.26 Å². The highest BCUT2D eigenvalue weighted by atomic mass is 32.2. The van der Waals surface area contributed by atoms with Crippen LogP contribution in [-0.4, -0.2) is 79.6 Å². The van der Waals surface area contributed by atoms with E-state index in [0.717, 1.165) is 24.4 Å². The maximum absolute atomic E-state index is 12.9. The van der Waals surface area contributed by atoms with E-state index >= 15 is 0 Å². The molecule has 158 valence electrons. The number of morpholine rings is 1. The predicted octanol–water partition coefficient (Wildman–Crippen LogP) is 1.81. The largest absolute Gasteiger partial charge is 0.379 e. The Morgan fingerprint density at radius 2 is 1.68 bits per heavy atom. The first-order valence-corrected chi connectivity index (χ1v) is 12.0. The van der Waals surface area contributed by atoms with Gasteiger partial charge in [0.25, 0.3) is 10.2 Å². The van der Waals surface area contributed by atoms with Crippen molar-refractivity contribution in [2.24, 2.45) is 0 Å². The van der Waals surface area contributed by atoms with Crippen molar-refractivity contribution in [3.05, 3.63) is 17.5 Å². The maximum atomic E-state index is 12.9. The number of aromatic nitrogens is 1. The molecule has 2 aliphatic heterocycles. The molecule has 1 aliphatic carbocycles. The monoisotopic (exact) mass is 412 g/mol. The summed E-state index contributed by atoms with van der Waals surface area (Å²) in [7, 11) is -3.39. The van der Waals surface area contributed by atoms with Crippen LogP contribution >= 0.6 is 0 Å². The predicted molar refractivity (Wildman–Crippen MR) is 105 cm³/mol. The number of rotatable bonds is 5. The molecule has 0 radical (unpaired) electrons. The normalized spacial score (nSPS) is 25.0. The van der Waals surface area contributed by atoms with Crippen molar-refractivity contribution in [3.8, 4) is 0 Å². The molecule has 8 nitrogen and oxygen atoms in total. The van der Waals surface area contributed by atoms with Crippen LogP contribution in [0.1, 0.15) is 55.9 Å². The molecule has 1 saturated carbocycles. The lowest BCUT2D eigenvalue weighted by atomic mass is 9.87. The Balaban J connectivity index is 1.32. The van der Waals surface area contributed by atoms with Gasteiger partial charge in [-0.15, -0.1) is 0 Å². The first kappa shape index (κ1) is 20.3. The van der Waals surface area contributed by atoms with Crippen molar-refractivity contribution in [3.63, 3.8) is 0 Å². The Labute approximate surface area is 168 Å². The molecule has 9 heteroatoms. The van der Waals surface area contributed by atoms with Crippen LogP contribution in [0.3, 0.4) is 0 Å². The van der Waals surface area contributed by atoms with Gasteiger partial charge in [0.2, 0.25) is 0 Å². The second-order valence-corrected chi connectivity index (χ2v) is 10.0. The van der Waals surface area contributed by atoms with Crippen LogP contribution in [0.4, 0.5) is 0 Å². The van der Waals surface area contributed by atoms with Crippen LogP contribution in [0.15, 0.2) is 10.6 Å². The topological polar surface area (TPSA) is 79.1 Å². The lowest BCUT2D eigenvalue weighted by molar-refractivity contribution is 0.0702. The molecular formula is C19H32N4O4S. The van der Waals surface area contributed by atoms with Crippen LogP contribution in [0.2, 0.25) is 0 Å². The Hall–Kier alpha value is -1.00. The number of hydrogen-bond acceptors (Lipinski definition) is 6. The van der Waals surface area contributed by atoms with E-state index in [1.165, 1.54) is 32.1 Å². The van der Waals surface area contributed by atoms with E-state index in [1.807, 2.05) is 0 Å². The summed E-state index contributed by atoms with van der Waals surface area (Å²) in [6.45, 7) is 5.23. The smallest absolute Gasteiger partial charge is 0.282 e. The molecule has 1 aromatic rings. The average Bonchev–Trinajstić information content (AvgIpc) is 3.06. The van der Waals surface area contributed by atoms with Crippen LogP contribution in [-0.2, 0) is 21.5 Å².